The standard InChI is InChI=1S/C9H8BrClFNO/c1-13-9(14)8(11)5-2-3-7(12)6(10)4-5/h2-4,8H,1H3,(H,13,14). The van der Waals surface area contributed by atoms with E-state index in [9.17, 15) is 9.18 Å². The Hall–Kier alpha value is -0.610. The molecule has 0 saturated heterocycles. The summed E-state index contributed by atoms with van der Waals surface area (Å²) in [4.78, 5) is 11.2. The number of halogens is 3. The molecule has 1 atom stereocenters. The van der Waals surface area contributed by atoms with Crippen molar-refractivity contribution >= 4 is 33.4 Å². The van der Waals surface area contributed by atoms with E-state index in [1.165, 1.54) is 25.2 Å². The molecule has 1 aromatic carbocycles. The predicted molar refractivity (Wildman–Crippen MR) is 56.8 cm³/mol. The van der Waals surface area contributed by atoms with Crippen molar-refractivity contribution < 1.29 is 9.18 Å². The first-order valence-electron chi connectivity index (χ1n) is 3.87. The zero-order valence-electron chi connectivity index (χ0n) is 7.35. The number of benzene rings is 1. The number of carbonyl (C=O) groups excluding carboxylic acids is 1. The lowest BCUT2D eigenvalue weighted by atomic mass is 10.1. The lowest BCUT2D eigenvalue weighted by Gasteiger charge is -2.08. The topological polar surface area (TPSA) is 29.1 Å². The van der Waals surface area contributed by atoms with Crippen LogP contribution < -0.4 is 5.32 Å². The predicted octanol–water partition coefficient (Wildman–Crippen LogP) is 2.61. The molecule has 0 fully saturated rings. The normalized spacial score (nSPS) is 12.3. The van der Waals surface area contributed by atoms with Gasteiger partial charge < -0.3 is 5.32 Å². The van der Waals surface area contributed by atoms with Gasteiger partial charge in [0.05, 0.1) is 4.47 Å². The van der Waals surface area contributed by atoms with Gasteiger partial charge in [0.25, 0.3) is 0 Å². The number of alkyl halides is 1. The van der Waals surface area contributed by atoms with Crippen LogP contribution in [0.3, 0.4) is 0 Å². The summed E-state index contributed by atoms with van der Waals surface area (Å²) in [5.41, 5.74) is 0.555. The van der Waals surface area contributed by atoms with E-state index in [0.717, 1.165) is 0 Å². The average Bonchev–Trinajstić information content (AvgIpc) is 2.20. The highest BCUT2D eigenvalue weighted by atomic mass is 79.9. The van der Waals surface area contributed by atoms with E-state index in [1.807, 2.05) is 0 Å². The summed E-state index contributed by atoms with van der Waals surface area (Å²) in [5, 5.41) is 1.62. The van der Waals surface area contributed by atoms with Crippen LogP contribution in [0.2, 0.25) is 0 Å². The van der Waals surface area contributed by atoms with Gasteiger partial charge >= 0.3 is 0 Å². The van der Waals surface area contributed by atoms with Crippen LogP contribution in [0.25, 0.3) is 0 Å². The molecule has 1 N–H and O–H groups in total. The Kier molecular flexibility index (Phi) is 3.89. The van der Waals surface area contributed by atoms with E-state index >= 15 is 0 Å². The van der Waals surface area contributed by atoms with E-state index in [0.29, 0.717) is 10.0 Å². The zero-order chi connectivity index (χ0) is 10.7. The lowest BCUT2D eigenvalue weighted by Crippen LogP contribution is -2.22. The molecule has 0 spiro atoms. The Bertz CT molecular complexity index is 359. The summed E-state index contributed by atoms with van der Waals surface area (Å²) in [6.45, 7) is 0. The van der Waals surface area contributed by atoms with E-state index in [2.05, 4.69) is 21.2 Å². The molecule has 0 aliphatic carbocycles. The summed E-state index contributed by atoms with van der Waals surface area (Å²) < 4.78 is 13.2. The van der Waals surface area contributed by atoms with Crippen LogP contribution in [0.15, 0.2) is 22.7 Å². The molecule has 1 amide bonds. The summed E-state index contributed by atoms with van der Waals surface area (Å²) >= 11 is 8.85. The van der Waals surface area contributed by atoms with Crippen molar-refractivity contribution in [3.63, 3.8) is 0 Å². The molecule has 0 saturated carbocycles. The summed E-state index contributed by atoms with van der Waals surface area (Å²) in [5.74, 6) is -0.695. The van der Waals surface area contributed by atoms with Crippen molar-refractivity contribution in [2.45, 2.75) is 5.38 Å². The number of carbonyl (C=O) groups is 1. The van der Waals surface area contributed by atoms with E-state index in [4.69, 9.17) is 11.6 Å². The van der Waals surface area contributed by atoms with Gasteiger partial charge in [-0.05, 0) is 33.6 Å². The molecule has 0 heterocycles. The highest BCUT2D eigenvalue weighted by Gasteiger charge is 2.16. The van der Waals surface area contributed by atoms with Gasteiger partial charge in [-0.3, -0.25) is 4.79 Å². The fraction of sp³-hybridized carbons (Fsp3) is 0.222. The lowest BCUT2D eigenvalue weighted by molar-refractivity contribution is -0.120. The molecule has 0 aromatic heterocycles. The molecule has 5 heteroatoms. The summed E-state index contributed by atoms with van der Waals surface area (Å²) in [6, 6.07) is 4.23. The third kappa shape index (κ3) is 2.45. The number of likely N-dealkylation sites (N-methyl/N-ethyl adjacent to an activating group) is 1. The largest absolute Gasteiger partial charge is 0.358 e. The maximum absolute atomic E-state index is 12.9. The van der Waals surface area contributed by atoms with Crippen molar-refractivity contribution in [2.24, 2.45) is 0 Å². The molecule has 1 rings (SSSR count). The van der Waals surface area contributed by atoms with Crippen molar-refractivity contribution in [3.05, 3.63) is 34.1 Å². The summed E-state index contributed by atoms with van der Waals surface area (Å²) in [6.07, 6.45) is 0. The van der Waals surface area contributed by atoms with Crippen LogP contribution in [-0.4, -0.2) is 13.0 Å². The number of nitrogens with one attached hydrogen (secondary N) is 1. The quantitative estimate of drug-likeness (QED) is 0.829. The molecule has 1 unspecified atom stereocenters. The Balaban J connectivity index is 2.96. The van der Waals surface area contributed by atoms with Crippen LogP contribution in [0.1, 0.15) is 10.9 Å². The van der Waals surface area contributed by atoms with Gasteiger partial charge in [0.15, 0.2) is 0 Å². The van der Waals surface area contributed by atoms with Crippen molar-refractivity contribution in [1.82, 2.24) is 5.32 Å². The smallest absolute Gasteiger partial charge is 0.242 e. The minimum absolute atomic E-state index is 0.296. The van der Waals surface area contributed by atoms with Crippen LogP contribution in [0.4, 0.5) is 4.39 Å². The van der Waals surface area contributed by atoms with Crippen LogP contribution in [-0.2, 0) is 4.79 Å². The highest BCUT2D eigenvalue weighted by molar-refractivity contribution is 9.10. The summed E-state index contributed by atoms with van der Waals surface area (Å²) in [7, 11) is 1.50. The minimum Gasteiger partial charge on any atom is -0.358 e. The van der Waals surface area contributed by atoms with Gasteiger partial charge in [0.1, 0.15) is 11.2 Å². The van der Waals surface area contributed by atoms with E-state index in [-0.39, 0.29) is 11.7 Å². The number of hydrogen-bond acceptors (Lipinski definition) is 1. The van der Waals surface area contributed by atoms with Crippen LogP contribution in [0, 0.1) is 5.82 Å². The van der Waals surface area contributed by atoms with E-state index < -0.39 is 5.38 Å². The second-order valence-electron chi connectivity index (χ2n) is 2.65. The SMILES string of the molecule is CNC(=O)C(Cl)c1ccc(F)c(Br)c1. The zero-order valence-corrected chi connectivity index (χ0v) is 9.69. The van der Waals surface area contributed by atoms with Gasteiger partial charge in [-0.15, -0.1) is 11.6 Å². The first kappa shape index (κ1) is 11.5. The molecular weight excluding hydrogens is 272 g/mol. The number of amides is 1. The van der Waals surface area contributed by atoms with Crippen molar-refractivity contribution in [2.75, 3.05) is 7.05 Å². The van der Waals surface area contributed by atoms with Crippen molar-refractivity contribution in [3.8, 4) is 0 Å². The third-order valence-corrected chi connectivity index (χ3v) is 2.77. The van der Waals surface area contributed by atoms with Gasteiger partial charge in [0.2, 0.25) is 5.91 Å². The number of rotatable bonds is 2. The Morgan fingerprint density at radius 3 is 2.79 bits per heavy atom. The first-order chi connectivity index (χ1) is 6.56. The fourth-order valence-electron chi connectivity index (χ4n) is 0.948. The van der Waals surface area contributed by atoms with Gasteiger partial charge in [-0.25, -0.2) is 4.39 Å². The Morgan fingerprint density at radius 2 is 2.29 bits per heavy atom. The maximum atomic E-state index is 12.9. The molecule has 14 heavy (non-hydrogen) atoms. The molecule has 0 aliphatic rings. The van der Waals surface area contributed by atoms with Gasteiger partial charge in [-0.2, -0.15) is 0 Å². The monoisotopic (exact) mass is 279 g/mol. The Labute approximate surface area is 94.6 Å². The third-order valence-electron chi connectivity index (χ3n) is 1.71. The van der Waals surface area contributed by atoms with Crippen LogP contribution >= 0.6 is 27.5 Å². The molecule has 1 aromatic rings. The number of hydrogen-bond donors (Lipinski definition) is 1. The van der Waals surface area contributed by atoms with Gasteiger partial charge in [0, 0.05) is 7.05 Å². The van der Waals surface area contributed by atoms with Gasteiger partial charge in [-0.1, -0.05) is 6.07 Å². The molecule has 0 aliphatic heterocycles. The second-order valence-corrected chi connectivity index (χ2v) is 3.94. The van der Waals surface area contributed by atoms with Crippen LogP contribution in [0.5, 0.6) is 0 Å². The fourth-order valence-corrected chi connectivity index (χ4v) is 1.59. The second kappa shape index (κ2) is 4.75. The molecule has 76 valence electrons. The average molecular weight is 281 g/mol. The molecule has 0 radical (unpaired) electrons. The molecular formula is C9H8BrClFNO. The Morgan fingerprint density at radius 1 is 1.64 bits per heavy atom. The van der Waals surface area contributed by atoms with Crippen molar-refractivity contribution in [1.29, 1.82) is 0 Å². The maximum Gasteiger partial charge on any atom is 0.242 e. The molecule has 2 nitrogen and oxygen atoms in total. The first-order valence-corrected chi connectivity index (χ1v) is 5.10. The highest BCUT2D eigenvalue weighted by Crippen LogP contribution is 2.25. The molecule has 0 bridgehead atoms. The van der Waals surface area contributed by atoms with E-state index in [1.54, 1.807) is 0 Å². The minimum atomic E-state index is -0.795.